The third kappa shape index (κ3) is 5.44. The maximum Gasteiger partial charge on any atom is 0.573 e. The molecule has 0 saturated heterocycles. The molecule has 0 aliphatic heterocycles. The van der Waals surface area contributed by atoms with Crippen LogP contribution in [0.15, 0.2) is 48.5 Å². The normalized spacial score (nSPS) is 10.6. The van der Waals surface area contributed by atoms with Crippen LogP contribution >= 0.6 is 12.2 Å². The van der Waals surface area contributed by atoms with Gasteiger partial charge in [0.25, 0.3) is 0 Å². The van der Waals surface area contributed by atoms with Gasteiger partial charge in [-0.05, 0) is 36.5 Å². The molecule has 2 N–H and O–H groups in total. The Balaban J connectivity index is 1.98. The van der Waals surface area contributed by atoms with Crippen molar-refractivity contribution in [2.45, 2.75) is 12.9 Å². The van der Waals surface area contributed by atoms with E-state index < -0.39 is 6.36 Å². The minimum atomic E-state index is -4.76. The summed E-state index contributed by atoms with van der Waals surface area (Å²) in [6, 6.07) is 14.5. The number of nitrogens with zero attached hydrogens (tertiary/aromatic N) is 1. The van der Waals surface area contributed by atoms with Gasteiger partial charge in [0.15, 0.2) is 5.11 Å². The summed E-state index contributed by atoms with van der Waals surface area (Å²) in [6.45, 7) is 0.0516. The molecule has 124 valence electrons. The second-order valence-corrected chi connectivity index (χ2v) is 5.06. The van der Waals surface area contributed by atoms with Gasteiger partial charge in [-0.1, -0.05) is 24.3 Å². The van der Waals surface area contributed by atoms with Gasteiger partial charge in [0.05, 0.1) is 11.6 Å². The minimum Gasteiger partial charge on any atom is -0.405 e. The molecular weight excluding hydrogens is 339 g/mol. The number of ether oxygens (including phenoxy) is 1. The molecule has 8 heteroatoms. The van der Waals surface area contributed by atoms with Crippen molar-refractivity contribution in [1.82, 2.24) is 5.32 Å². The molecule has 0 bridgehead atoms. The molecule has 0 atom stereocenters. The van der Waals surface area contributed by atoms with E-state index >= 15 is 0 Å². The molecule has 2 aromatic carbocycles. The molecule has 0 spiro atoms. The lowest BCUT2D eigenvalue weighted by atomic mass is 10.2. The van der Waals surface area contributed by atoms with Crippen LogP contribution in [0.5, 0.6) is 5.75 Å². The fourth-order valence-corrected chi connectivity index (χ4v) is 2.08. The molecular formula is C16H12F3N3OS. The number of benzene rings is 2. The van der Waals surface area contributed by atoms with Crippen molar-refractivity contribution in [3.05, 3.63) is 59.7 Å². The van der Waals surface area contributed by atoms with Crippen molar-refractivity contribution in [2.75, 3.05) is 5.32 Å². The first-order chi connectivity index (χ1) is 11.4. The van der Waals surface area contributed by atoms with Gasteiger partial charge >= 0.3 is 6.36 Å². The molecule has 0 aliphatic rings. The van der Waals surface area contributed by atoms with E-state index in [1.807, 2.05) is 6.07 Å². The number of hydrogen-bond acceptors (Lipinski definition) is 3. The topological polar surface area (TPSA) is 57.1 Å². The number of alkyl halides is 3. The SMILES string of the molecule is N#Cc1cccc(NC(=S)NCc2ccccc2OC(F)(F)F)c1. The third-order valence-electron chi connectivity index (χ3n) is 2.89. The van der Waals surface area contributed by atoms with Crippen molar-refractivity contribution < 1.29 is 17.9 Å². The average molecular weight is 351 g/mol. The Hall–Kier alpha value is -2.79. The lowest BCUT2D eigenvalue weighted by Crippen LogP contribution is -2.28. The molecule has 0 saturated carbocycles. The lowest BCUT2D eigenvalue weighted by molar-refractivity contribution is -0.274. The summed E-state index contributed by atoms with van der Waals surface area (Å²) < 4.78 is 41.1. The zero-order valence-electron chi connectivity index (χ0n) is 12.2. The molecule has 24 heavy (non-hydrogen) atoms. The van der Waals surface area contributed by atoms with Gasteiger partial charge in [0, 0.05) is 17.8 Å². The van der Waals surface area contributed by atoms with Crippen molar-refractivity contribution in [1.29, 1.82) is 5.26 Å². The summed E-state index contributed by atoms with van der Waals surface area (Å²) in [4.78, 5) is 0. The highest BCUT2D eigenvalue weighted by atomic mass is 32.1. The highest BCUT2D eigenvalue weighted by Crippen LogP contribution is 2.26. The van der Waals surface area contributed by atoms with Crippen LogP contribution in [-0.4, -0.2) is 11.5 Å². The van der Waals surface area contributed by atoms with E-state index in [-0.39, 0.29) is 17.4 Å². The second-order valence-electron chi connectivity index (χ2n) is 4.66. The fourth-order valence-electron chi connectivity index (χ4n) is 1.89. The highest BCUT2D eigenvalue weighted by molar-refractivity contribution is 7.80. The van der Waals surface area contributed by atoms with Crippen LogP contribution in [0, 0.1) is 11.3 Å². The van der Waals surface area contributed by atoms with Crippen LogP contribution < -0.4 is 15.4 Å². The van der Waals surface area contributed by atoms with Crippen LogP contribution in [0.3, 0.4) is 0 Å². The average Bonchev–Trinajstić information content (AvgIpc) is 2.53. The molecule has 0 unspecified atom stereocenters. The summed E-state index contributed by atoms with van der Waals surface area (Å²) in [5, 5.41) is 14.7. The van der Waals surface area contributed by atoms with E-state index in [2.05, 4.69) is 15.4 Å². The lowest BCUT2D eigenvalue weighted by Gasteiger charge is -2.15. The quantitative estimate of drug-likeness (QED) is 0.817. The molecule has 0 heterocycles. The Morgan fingerprint density at radius 1 is 1.17 bits per heavy atom. The highest BCUT2D eigenvalue weighted by Gasteiger charge is 2.31. The van der Waals surface area contributed by atoms with E-state index in [1.54, 1.807) is 30.3 Å². The number of nitrogens with one attached hydrogen (secondary N) is 2. The zero-order valence-corrected chi connectivity index (χ0v) is 13.0. The number of halogens is 3. The number of rotatable bonds is 4. The van der Waals surface area contributed by atoms with E-state index in [1.165, 1.54) is 18.2 Å². The molecule has 0 radical (unpaired) electrons. The molecule has 4 nitrogen and oxygen atoms in total. The third-order valence-corrected chi connectivity index (χ3v) is 3.13. The first-order valence-electron chi connectivity index (χ1n) is 6.76. The van der Waals surface area contributed by atoms with Crippen molar-refractivity contribution in [2.24, 2.45) is 0 Å². The zero-order chi connectivity index (χ0) is 17.6. The largest absolute Gasteiger partial charge is 0.573 e. The van der Waals surface area contributed by atoms with Crippen LogP contribution in [0.4, 0.5) is 18.9 Å². The van der Waals surface area contributed by atoms with Gasteiger partial charge in [-0.15, -0.1) is 13.2 Å². The second kappa shape index (κ2) is 7.66. The van der Waals surface area contributed by atoms with Crippen molar-refractivity contribution in [3.8, 4) is 11.8 Å². The maximum absolute atomic E-state index is 12.4. The molecule has 0 aliphatic carbocycles. The predicted octanol–water partition coefficient (Wildman–Crippen LogP) is 3.94. The van der Waals surface area contributed by atoms with Crippen molar-refractivity contribution >= 4 is 23.0 Å². The van der Waals surface area contributed by atoms with Crippen molar-refractivity contribution in [3.63, 3.8) is 0 Å². The van der Waals surface area contributed by atoms with Crippen LogP contribution in [0.1, 0.15) is 11.1 Å². The summed E-state index contributed by atoms with van der Waals surface area (Å²) in [5.74, 6) is -0.285. The molecule has 0 fully saturated rings. The molecule has 2 rings (SSSR count). The van der Waals surface area contributed by atoms with Gasteiger partial charge in [-0.2, -0.15) is 5.26 Å². The summed E-state index contributed by atoms with van der Waals surface area (Å²) in [7, 11) is 0. The van der Waals surface area contributed by atoms with E-state index in [0.717, 1.165) is 0 Å². The number of thiocarbonyl (C=S) groups is 1. The Morgan fingerprint density at radius 3 is 2.62 bits per heavy atom. The molecule has 2 aromatic rings. The van der Waals surface area contributed by atoms with Crippen LogP contribution in [0.2, 0.25) is 0 Å². The van der Waals surface area contributed by atoms with Crippen LogP contribution in [-0.2, 0) is 6.54 Å². The van der Waals surface area contributed by atoms with E-state index in [4.69, 9.17) is 17.5 Å². The van der Waals surface area contributed by atoms with Gasteiger partial charge in [0.2, 0.25) is 0 Å². The molecule has 0 aromatic heterocycles. The monoisotopic (exact) mass is 351 g/mol. The number of para-hydroxylation sites is 1. The predicted molar refractivity (Wildman–Crippen MR) is 87.3 cm³/mol. The van der Waals surface area contributed by atoms with Crippen LogP contribution in [0.25, 0.3) is 0 Å². The summed E-state index contributed by atoms with van der Waals surface area (Å²) >= 11 is 5.10. The minimum absolute atomic E-state index is 0.0516. The van der Waals surface area contributed by atoms with Gasteiger partial charge in [0.1, 0.15) is 5.75 Å². The summed E-state index contributed by atoms with van der Waals surface area (Å²) in [6.07, 6.45) is -4.76. The number of anilines is 1. The first-order valence-corrected chi connectivity index (χ1v) is 7.17. The Morgan fingerprint density at radius 2 is 1.92 bits per heavy atom. The summed E-state index contributed by atoms with van der Waals surface area (Å²) in [5.41, 5.74) is 1.38. The fraction of sp³-hybridized carbons (Fsp3) is 0.125. The standard InChI is InChI=1S/C16H12F3N3OS/c17-16(18,19)23-14-7-2-1-5-12(14)10-21-15(24)22-13-6-3-4-11(8-13)9-20/h1-8H,10H2,(H2,21,22,24). The Labute approximate surface area is 141 Å². The number of nitriles is 1. The van der Waals surface area contributed by atoms with Gasteiger partial charge < -0.3 is 15.4 Å². The maximum atomic E-state index is 12.4. The Kier molecular flexibility index (Phi) is 5.60. The molecule has 0 amide bonds. The van der Waals surface area contributed by atoms with Gasteiger partial charge in [-0.3, -0.25) is 0 Å². The smallest absolute Gasteiger partial charge is 0.405 e. The van der Waals surface area contributed by atoms with Gasteiger partial charge in [-0.25, -0.2) is 0 Å². The number of hydrogen-bond donors (Lipinski definition) is 2. The van der Waals surface area contributed by atoms with E-state index in [0.29, 0.717) is 16.8 Å². The first kappa shape index (κ1) is 17.6. The van der Waals surface area contributed by atoms with E-state index in [9.17, 15) is 13.2 Å². The Bertz CT molecular complexity index is 772.